The quantitative estimate of drug-likeness (QED) is 0.623. The minimum Gasteiger partial charge on any atom is -0.489 e. The Bertz CT molecular complexity index is 1030. The van der Waals surface area contributed by atoms with Gasteiger partial charge in [-0.3, -0.25) is 9.48 Å². The second-order valence-electron chi connectivity index (χ2n) is 9.19. The summed E-state index contributed by atoms with van der Waals surface area (Å²) in [4.78, 5) is 30.0. The summed E-state index contributed by atoms with van der Waals surface area (Å²) in [5.41, 5.74) is 2.94. The Morgan fingerprint density at radius 1 is 1.29 bits per heavy atom. The molecule has 3 heterocycles. The number of carbonyl (C=O) groups is 2. The van der Waals surface area contributed by atoms with E-state index >= 15 is 0 Å². The number of nitrogens with zero attached hydrogens (tertiary/aromatic N) is 4. The number of carboxylic acid groups (broad SMARTS) is 1. The van der Waals surface area contributed by atoms with Crippen molar-refractivity contribution in [3.05, 3.63) is 29.7 Å². The van der Waals surface area contributed by atoms with E-state index in [1.54, 1.807) is 29.9 Å². The van der Waals surface area contributed by atoms with Crippen molar-refractivity contribution in [1.82, 2.24) is 19.7 Å². The summed E-state index contributed by atoms with van der Waals surface area (Å²) in [5, 5.41) is 13.6. The Labute approximate surface area is 198 Å². The number of carboxylic acids is 1. The predicted molar refractivity (Wildman–Crippen MR) is 122 cm³/mol. The zero-order valence-corrected chi connectivity index (χ0v) is 19.9. The van der Waals surface area contributed by atoms with Gasteiger partial charge in [-0.15, -0.1) is 0 Å². The van der Waals surface area contributed by atoms with Crippen molar-refractivity contribution in [2.75, 3.05) is 26.8 Å². The standard InChI is InChI=1S/C24H32N4O6/c1-15-22(34-18-6-4-5-17(9-18)23(29)30)8-7-20(26-15)19-10-25-28(3)21(19)14-33-24(31)27(2)11-16-12-32-13-16/h7-8,10,16-18H,4-6,9,11-14H2,1-3H3,(H,29,30)/t17?,18-/m0/s1. The average Bonchev–Trinajstić information content (AvgIpc) is 3.16. The van der Waals surface area contributed by atoms with Gasteiger partial charge in [0, 0.05) is 32.1 Å². The van der Waals surface area contributed by atoms with Gasteiger partial charge in [-0.2, -0.15) is 5.10 Å². The Morgan fingerprint density at radius 3 is 2.76 bits per heavy atom. The lowest BCUT2D eigenvalue weighted by Crippen LogP contribution is -2.40. The number of hydrogen-bond donors (Lipinski definition) is 1. The SMILES string of the molecule is Cc1nc(-c2cnn(C)c2COC(=O)N(C)CC2COC2)ccc1O[C@H]1CCCC(C(=O)O)C1. The number of hydrogen-bond acceptors (Lipinski definition) is 7. The van der Waals surface area contributed by atoms with Crippen LogP contribution in [0.4, 0.5) is 4.79 Å². The van der Waals surface area contributed by atoms with Gasteiger partial charge in [-0.25, -0.2) is 9.78 Å². The van der Waals surface area contributed by atoms with Gasteiger partial charge in [0.2, 0.25) is 0 Å². The van der Waals surface area contributed by atoms with Crippen molar-refractivity contribution in [3.8, 4) is 17.0 Å². The van der Waals surface area contributed by atoms with E-state index in [1.165, 1.54) is 0 Å². The first-order valence-electron chi connectivity index (χ1n) is 11.7. The molecule has 34 heavy (non-hydrogen) atoms. The van der Waals surface area contributed by atoms with E-state index in [1.807, 2.05) is 19.1 Å². The van der Waals surface area contributed by atoms with Gasteiger partial charge < -0.3 is 24.2 Å². The molecule has 0 radical (unpaired) electrons. The summed E-state index contributed by atoms with van der Waals surface area (Å²) in [6.07, 6.45) is 4.08. The lowest BCUT2D eigenvalue weighted by Gasteiger charge is -2.29. The second-order valence-corrected chi connectivity index (χ2v) is 9.19. The molecule has 1 saturated heterocycles. The van der Waals surface area contributed by atoms with Gasteiger partial charge in [0.1, 0.15) is 12.4 Å². The van der Waals surface area contributed by atoms with Gasteiger partial charge in [-0.05, 0) is 44.7 Å². The van der Waals surface area contributed by atoms with Gasteiger partial charge in [0.05, 0.1) is 48.5 Å². The van der Waals surface area contributed by atoms with Gasteiger partial charge in [-0.1, -0.05) is 0 Å². The predicted octanol–water partition coefficient (Wildman–Crippen LogP) is 3.03. The normalized spacial score (nSPS) is 20.4. The molecule has 4 rings (SSSR count). The number of aromatic nitrogens is 3. The highest BCUT2D eigenvalue weighted by Gasteiger charge is 2.29. The number of ether oxygens (including phenoxy) is 3. The summed E-state index contributed by atoms with van der Waals surface area (Å²) < 4.78 is 18.5. The Morgan fingerprint density at radius 2 is 2.09 bits per heavy atom. The van der Waals surface area contributed by atoms with E-state index in [4.69, 9.17) is 19.2 Å². The molecule has 0 spiro atoms. The van der Waals surface area contributed by atoms with Crippen LogP contribution in [-0.2, 0) is 27.9 Å². The van der Waals surface area contributed by atoms with Crippen molar-refractivity contribution in [2.45, 2.75) is 45.3 Å². The van der Waals surface area contributed by atoms with Crippen LogP contribution in [0, 0.1) is 18.8 Å². The molecule has 0 aromatic carbocycles. The van der Waals surface area contributed by atoms with Crippen LogP contribution in [0.3, 0.4) is 0 Å². The molecule has 2 atom stereocenters. The van der Waals surface area contributed by atoms with Crippen LogP contribution < -0.4 is 4.74 Å². The van der Waals surface area contributed by atoms with Crippen LogP contribution in [0.15, 0.2) is 18.3 Å². The average molecular weight is 473 g/mol. The summed E-state index contributed by atoms with van der Waals surface area (Å²) in [7, 11) is 3.52. The second kappa shape index (κ2) is 10.4. The summed E-state index contributed by atoms with van der Waals surface area (Å²) in [6.45, 7) is 3.90. The zero-order valence-electron chi connectivity index (χ0n) is 19.9. The van der Waals surface area contributed by atoms with Crippen molar-refractivity contribution in [3.63, 3.8) is 0 Å². The maximum Gasteiger partial charge on any atom is 0.409 e. The molecule has 1 unspecified atom stereocenters. The lowest BCUT2D eigenvalue weighted by atomic mass is 9.87. The monoisotopic (exact) mass is 472 g/mol. The molecule has 1 amide bonds. The minimum absolute atomic E-state index is 0.0772. The number of rotatable bonds is 8. The van der Waals surface area contributed by atoms with E-state index < -0.39 is 5.97 Å². The molecule has 2 fully saturated rings. The van der Waals surface area contributed by atoms with Crippen LogP contribution >= 0.6 is 0 Å². The third-order valence-electron chi connectivity index (χ3n) is 6.53. The molecular weight excluding hydrogens is 440 g/mol. The van der Waals surface area contributed by atoms with E-state index in [9.17, 15) is 14.7 Å². The lowest BCUT2D eigenvalue weighted by molar-refractivity contribution is -0.143. The minimum atomic E-state index is -0.758. The topological polar surface area (TPSA) is 116 Å². The number of amides is 1. The first-order valence-corrected chi connectivity index (χ1v) is 11.7. The van der Waals surface area contributed by atoms with Gasteiger partial charge in [0.15, 0.2) is 0 Å². The molecule has 1 N–H and O–H groups in total. The van der Waals surface area contributed by atoms with Crippen molar-refractivity contribution in [1.29, 1.82) is 0 Å². The zero-order chi connectivity index (χ0) is 24.2. The summed E-state index contributed by atoms with van der Waals surface area (Å²) in [5.74, 6) is -0.0980. The molecule has 2 aromatic heterocycles. The van der Waals surface area contributed by atoms with E-state index in [-0.39, 0.29) is 24.7 Å². The fourth-order valence-corrected chi connectivity index (χ4v) is 4.42. The smallest absolute Gasteiger partial charge is 0.409 e. The number of aryl methyl sites for hydroxylation is 2. The first kappa shape index (κ1) is 24.0. The maximum absolute atomic E-state index is 12.4. The first-order chi connectivity index (χ1) is 16.3. The molecule has 2 aliphatic rings. The van der Waals surface area contributed by atoms with Crippen LogP contribution in [0.2, 0.25) is 0 Å². The third kappa shape index (κ3) is 5.49. The van der Waals surface area contributed by atoms with Crippen LogP contribution in [0.25, 0.3) is 11.3 Å². The largest absolute Gasteiger partial charge is 0.489 e. The molecule has 0 bridgehead atoms. The van der Waals surface area contributed by atoms with E-state index in [0.29, 0.717) is 55.7 Å². The molecule has 2 aromatic rings. The summed E-state index contributed by atoms with van der Waals surface area (Å²) >= 11 is 0. The van der Waals surface area contributed by atoms with Crippen molar-refractivity contribution < 1.29 is 28.9 Å². The Balaban J connectivity index is 1.41. The molecule has 1 aliphatic carbocycles. The Kier molecular flexibility index (Phi) is 7.35. The Hall–Kier alpha value is -3.14. The van der Waals surface area contributed by atoms with E-state index in [0.717, 1.165) is 24.1 Å². The highest BCUT2D eigenvalue weighted by Crippen LogP contribution is 2.31. The van der Waals surface area contributed by atoms with Crippen LogP contribution in [0.1, 0.15) is 37.1 Å². The molecule has 10 nitrogen and oxygen atoms in total. The molecule has 10 heteroatoms. The number of carbonyl (C=O) groups excluding carboxylic acids is 1. The van der Waals surface area contributed by atoms with Crippen molar-refractivity contribution in [2.24, 2.45) is 18.9 Å². The molecule has 184 valence electrons. The summed E-state index contributed by atoms with van der Waals surface area (Å²) in [6, 6.07) is 3.71. The fourth-order valence-electron chi connectivity index (χ4n) is 4.42. The number of pyridine rings is 1. The van der Waals surface area contributed by atoms with Gasteiger partial charge in [0.25, 0.3) is 0 Å². The fraction of sp³-hybridized carbons (Fsp3) is 0.583. The molecule has 1 aliphatic heterocycles. The van der Waals surface area contributed by atoms with E-state index in [2.05, 4.69) is 5.10 Å². The maximum atomic E-state index is 12.4. The van der Waals surface area contributed by atoms with Gasteiger partial charge >= 0.3 is 12.1 Å². The highest BCUT2D eigenvalue weighted by atomic mass is 16.6. The number of aliphatic carboxylic acids is 1. The highest BCUT2D eigenvalue weighted by molar-refractivity contribution is 5.70. The van der Waals surface area contributed by atoms with Crippen LogP contribution in [0.5, 0.6) is 5.75 Å². The third-order valence-corrected chi connectivity index (χ3v) is 6.53. The molecular formula is C24H32N4O6. The van der Waals surface area contributed by atoms with Crippen LogP contribution in [-0.4, -0.2) is 69.7 Å². The molecule has 1 saturated carbocycles. The van der Waals surface area contributed by atoms with Crippen molar-refractivity contribution >= 4 is 12.1 Å².